The Morgan fingerprint density at radius 1 is 1.13 bits per heavy atom. The highest BCUT2D eigenvalue weighted by Crippen LogP contribution is 2.22. The van der Waals surface area contributed by atoms with E-state index < -0.39 is 0 Å². The maximum atomic E-state index is 6.14. The van der Waals surface area contributed by atoms with Gasteiger partial charge in [0.25, 0.3) is 0 Å². The molecule has 0 spiro atoms. The predicted molar refractivity (Wildman–Crippen MR) is 120 cm³/mol. The number of hydrogen-bond donors (Lipinski definition) is 2. The van der Waals surface area contributed by atoms with Gasteiger partial charge in [0.15, 0.2) is 5.96 Å². The molecular formula is C24H33N3O3. The molecule has 1 aliphatic heterocycles. The second kappa shape index (κ2) is 11.5. The van der Waals surface area contributed by atoms with E-state index in [1.54, 1.807) is 7.05 Å². The normalized spacial score (nSPS) is 16.4. The van der Waals surface area contributed by atoms with Gasteiger partial charge in [-0.25, -0.2) is 0 Å². The summed E-state index contributed by atoms with van der Waals surface area (Å²) >= 11 is 0. The summed E-state index contributed by atoms with van der Waals surface area (Å²) in [6.07, 6.45) is 1.07. The fourth-order valence-corrected chi connectivity index (χ4v) is 3.36. The van der Waals surface area contributed by atoms with Crippen molar-refractivity contribution in [3.63, 3.8) is 0 Å². The standard InChI is InChI=1S/C24H33N3O3/c1-4-29-22-7-5-6-19(13-22)14-26-24(25-3)27-15-21-9-8-18(2)12-23(21)30-17-20-10-11-28-16-20/h5-9,12-13,20H,4,10-11,14-17H2,1-3H3,(H2,25,26,27). The van der Waals surface area contributed by atoms with Crippen LogP contribution in [0.1, 0.15) is 30.0 Å². The summed E-state index contributed by atoms with van der Waals surface area (Å²) in [5.74, 6) is 3.03. The highest BCUT2D eigenvalue weighted by molar-refractivity contribution is 5.79. The van der Waals surface area contributed by atoms with Crippen molar-refractivity contribution in [2.24, 2.45) is 10.9 Å². The molecule has 1 aliphatic rings. The molecule has 0 aromatic heterocycles. The quantitative estimate of drug-likeness (QED) is 0.487. The van der Waals surface area contributed by atoms with E-state index in [0.29, 0.717) is 32.2 Å². The van der Waals surface area contributed by atoms with Crippen molar-refractivity contribution in [2.75, 3.05) is 33.5 Å². The molecule has 1 fully saturated rings. The minimum atomic E-state index is 0.480. The molecule has 1 unspecified atom stereocenters. The molecule has 2 aromatic carbocycles. The van der Waals surface area contributed by atoms with Gasteiger partial charge in [0, 0.05) is 38.2 Å². The van der Waals surface area contributed by atoms with Crippen LogP contribution in [-0.2, 0) is 17.8 Å². The Balaban J connectivity index is 1.54. The maximum absolute atomic E-state index is 6.14. The second-order valence-corrected chi connectivity index (χ2v) is 7.51. The van der Waals surface area contributed by atoms with E-state index in [4.69, 9.17) is 14.2 Å². The molecule has 30 heavy (non-hydrogen) atoms. The Bertz CT molecular complexity index is 832. The number of benzene rings is 2. The second-order valence-electron chi connectivity index (χ2n) is 7.51. The zero-order valence-corrected chi connectivity index (χ0v) is 18.2. The van der Waals surface area contributed by atoms with Crippen molar-refractivity contribution < 1.29 is 14.2 Å². The Morgan fingerprint density at radius 2 is 2.00 bits per heavy atom. The van der Waals surface area contributed by atoms with Gasteiger partial charge in [0.05, 0.1) is 19.8 Å². The number of ether oxygens (including phenoxy) is 3. The Labute approximate surface area is 179 Å². The Morgan fingerprint density at radius 3 is 2.77 bits per heavy atom. The molecule has 0 amide bonds. The third-order valence-corrected chi connectivity index (χ3v) is 5.06. The molecule has 2 aromatic rings. The van der Waals surface area contributed by atoms with Gasteiger partial charge < -0.3 is 24.8 Å². The molecule has 1 saturated heterocycles. The summed E-state index contributed by atoms with van der Waals surface area (Å²) in [6.45, 7) is 8.36. The zero-order chi connectivity index (χ0) is 21.2. The highest BCUT2D eigenvalue weighted by Gasteiger charge is 2.17. The highest BCUT2D eigenvalue weighted by atomic mass is 16.5. The monoisotopic (exact) mass is 411 g/mol. The zero-order valence-electron chi connectivity index (χ0n) is 18.2. The molecule has 2 N–H and O–H groups in total. The van der Waals surface area contributed by atoms with Crippen LogP contribution in [-0.4, -0.2) is 39.4 Å². The molecular weight excluding hydrogens is 378 g/mol. The molecule has 0 saturated carbocycles. The minimum absolute atomic E-state index is 0.480. The Hall–Kier alpha value is -2.73. The third-order valence-electron chi connectivity index (χ3n) is 5.06. The summed E-state index contributed by atoms with van der Waals surface area (Å²) in [5.41, 5.74) is 3.44. The van der Waals surface area contributed by atoms with E-state index in [0.717, 1.165) is 48.2 Å². The summed E-state index contributed by atoms with van der Waals surface area (Å²) in [6, 6.07) is 14.4. The van der Waals surface area contributed by atoms with Gasteiger partial charge in [-0.05, 0) is 49.6 Å². The first-order chi connectivity index (χ1) is 14.7. The average Bonchev–Trinajstić information content (AvgIpc) is 3.27. The lowest BCUT2D eigenvalue weighted by Crippen LogP contribution is -2.36. The predicted octanol–water partition coefficient (Wildman–Crippen LogP) is 3.67. The van der Waals surface area contributed by atoms with Crippen LogP contribution in [0.4, 0.5) is 0 Å². The topological polar surface area (TPSA) is 64.1 Å². The van der Waals surface area contributed by atoms with Crippen LogP contribution in [0.5, 0.6) is 11.5 Å². The number of nitrogens with one attached hydrogen (secondary N) is 2. The smallest absolute Gasteiger partial charge is 0.191 e. The van der Waals surface area contributed by atoms with Crippen LogP contribution in [0.2, 0.25) is 0 Å². The number of aliphatic imine (C=N–C) groups is 1. The van der Waals surface area contributed by atoms with Gasteiger partial charge in [0.2, 0.25) is 0 Å². The minimum Gasteiger partial charge on any atom is -0.494 e. The first-order valence-electron chi connectivity index (χ1n) is 10.6. The number of hydrogen-bond acceptors (Lipinski definition) is 4. The first-order valence-corrected chi connectivity index (χ1v) is 10.6. The molecule has 0 aliphatic carbocycles. The van der Waals surface area contributed by atoms with Crippen molar-refractivity contribution in [3.05, 3.63) is 59.2 Å². The molecule has 1 heterocycles. The van der Waals surface area contributed by atoms with Crippen LogP contribution < -0.4 is 20.1 Å². The van der Waals surface area contributed by atoms with Gasteiger partial charge in [-0.1, -0.05) is 24.3 Å². The molecule has 6 heteroatoms. The molecule has 3 rings (SSSR count). The lowest BCUT2D eigenvalue weighted by atomic mass is 10.1. The van der Waals surface area contributed by atoms with E-state index in [2.05, 4.69) is 46.8 Å². The van der Waals surface area contributed by atoms with Gasteiger partial charge in [-0.3, -0.25) is 4.99 Å². The largest absolute Gasteiger partial charge is 0.494 e. The van der Waals surface area contributed by atoms with Crippen LogP contribution in [0, 0.1) is 12.8 Å². The van der Waals surface area contributed by atoms with E-state index in [1.165, 1.54) is 5.56 Å². The van der Waals surface area contributed by atoms with Crippen molar-refractivity contribution in [3.8, 4) is 11.5 Å². The number of nitrogens with zero attached hydrogens (tertiary/aromatic N) is 1. The van der Waals surface area contributed by atoms with Gasteiger partial charge in [-0.15, -0.1) is 0 Å². The van der Waals surface area contributed by atoms with E-state index in [9.17, 15) is 0 Å². The number of guanidine groups is 1. The number of aryl methyl sites for hydroxylation is 1. The van der Waals surface area contributed by atoms with Gasteiger partial charge in [0.1, 0.15) is 11.5 Å². The summed E-state index contributed by atoms with van der Waals surface area (Å²) in [7, 11) is 1.78. The molecule has 1 atom stereocenters. The van der Waals surface area contributed by atoms with Gasteiger partial charge in [-0.2, -0.15) is 0 Å². The van der Waals surface area contributed by atoms with Crippen LogP contribution in [0.3, 0.4) is 0 Å². The number of rotatable bonds is 9. The third kappa shape index (κ3) is 6.66. The van der Waals surface area contributed by atoms with Crippen LogP contribution >= 0.6 is 0 Å². The molecule has 6 nitrogen and oxygen atoms in total. The molecule has 0 bridgehead atoms. The van der Waals surface area contributed by atoms with Crippen molar-refractivity contribution in [2.45, 2.75) is 33.4 Å². The molecule has 0 radical (unpaired) electrons. The Kier molecular flexibility index (Phi) is 8.39. The van der Waals surface area contributed by atoms with Crippen LogP contribution in [0.25, 0.3) is 0 Å². The fourth-order valence-electron chi connectivity index (χ4n) is 3.36. The van der Waals surface area contributed by atoms with Crippen molar-refractivity contribution >= 4 is 5.96 Å². The fraction of sp³-hybridized carbons (Fsp3) is 0.458. The van der Waals surface area contributed by atoms with Crippen molar-refractivity contribution in [1.82, 2.24) is 10.6 Å². The molecule has 162 valence electrons. The van der Waals surface area contributed by atoms with E-state index >= 15 is 0 Å². The first kappa shape index (κ1) is 22.0. The lowest BCUT2D eigenvalue weighted by Gasteiger charge is -2.17. The van der Waals surface area contributed by atoms with E-state index in [-0.39, 0.29) is 0 Å². The lowest BCUT2D eigenvalue weighted by molar-refractivity contribution is 0.166. The van der Waals surface area contributed by atoms with Crippen molar-refractivity contribution in [1.29, 1.82) is 0 Å². The summed E-state index contributed by atoms with van der Waals surface area (Å²) in [4.78, 5) is 4.34. The van der Waals surface area contributed by atoms with Crippen LogP contribution in [0.15, 0.2) is 47.5 Å². The SMILES string of the molecule is CCOc1cccc(CNC(=NC)NCc2ccc(C)cc2OCC2CCOC2)c1. The van der Waals surface area contributed by atoms with E-state index in [1.807, 2.05) is 25.1 Å². The average molecular weight is 412 g/mol. The van der Waals surface area contributed by atoms with Gasteiger partial charge >= 0.3 is 0 Å². The summed E-state index contributed by atoms with van der Waals surface area (Å²) < 4.78 is 17.2. The summed E-state index contributed by atoms with van der Waals surface area (Å²) in [5, 5.41) is 6.75. The maximum Gasteiger partial charge on any atom is 0.191 e.